The Balaban J connectivity index is 1.54. The highest BCUT2D eigenvalue weighted by molar-refractivity contribution is 5.93. The molecule has 0 radical (unpaired) electrons. The Kier molecular flexibility index (Phi) is 6.86. The minimum absolute atomic E-state index is 0.0283. The van der Waals surface area contributed by atoms with Crippen LogP contribution in [-0.2, 0) is 16.6 Å². The van der Waals surface area contributed by atoms with Crippen LogP contribution in [0, 0.1) is 5.82 Å². The van der Waals surface area contributed by atoms with Crippen molar-refractivity contribution >= 4 is 17.4 Å². The molecule has 1 aromatic heterocycles. The topological polar surface area (TPSA) is 51.5 Å². The van der Waals surface area contributed by atoms with Crippen molar-refractivity contribution in [2.75, 3.05) is 13.2 Å². The number of piperidine rings is 1. The third-order valence-electron chi connectivity index (χ3n) is 5.38. The van der Waals surface area contributed by atoms with E-state index < -0.39 is 5.97 Å². The Morgan fingerprint density at radius 3 is 2.66 bits per heavy atom. The number of amides is 1. The lowest BCUT2D eigenvalue weighted by Crippen LogP contribution is -2.44. The molecule has 1 amide bonds. The van der Waals surface area contributed by atoms with Crippen LogP contribution >= 0.6 is 0 Å². The number of carbonyl (C=O) groups is 2. The SMILES string of the molecule is C/C(=C\C(=O)OCCC1CCCCN1C(=O)c1cccn1C)c1ccc(F)cc1. The molecule has 1 fully saturated rings. The molecule has 0 N–H and O–H groups in total. The Labute approximate surface area is 170 Å². The molecule has 29 heavy (non-hydrogen) atoms. The summed E-state index contributed by atoms with van der Waals surface area (Å²) in [4.78, 5) is 26.9. The second-order valence-electron chi connectivity index (χ2n) is 7.44. The Morgan fingerprint density at radius 1 is 1.21 bits per heavy atom. The predicted octanol–water partition coefficient (Wildman–Crippen LogP) is 4.20. The van der Waals surface area contributed by atoms with Crippen LogP contribution in [0.25, 0.3) is 5.57 Å². The second-order valence-corrected chi connectivity index (χ2v) is 7.44. The van der Waals surface area contributed by atoms with Gasteiger partial charge in [0.25, 0.3) is 5.91 Å². The van der Waals surface area contributed by atoms with E-state index in [1.807, 2.05) is 34.8 Å². The number of carbonyl (C=O) groups excluding carboxylic acids is 2. The first-order valence-corrected chi connectivity index (χ1v) is 9.99. The standard InChI is InChI=1S/C23H27FN2O3/c1-17(18-8-10-19(24)11-9-18)16-22(27)29-15-12-20-6-3-4-14-26(20)23(28)21-7-5-13-25(21)2/h5,7-11,13,16,20H,3-4,6,12,14-15H2,1-2H3/b17-16+. The molecule has 1 aliphatic rings. The number of ether oxygens (including phenoxy) is 1. The number of rotatable bonds is 6. The smallest absolute Gasteiger partial charge is 0.331 e. The maximum Gasteiger partial charge on any atom is 0.331 e. The summed E-state index contributed by atoms with van der Waals surface area (Å²) in [5, 5.41) is 0. The molecule has 1 saturated heterocycles. The molecule has 3 rings (SSSR count). The molecule has 6 heteroatoms. The average molecular weight is 398 g/mol. The molecule has 2 heterocycles. The van der Waals surface area contributed by atoms with Crippen molar-refractivity contribution in [3.63, 3.8) is 0 Å². The number of esters is 1. The van der Waals surface area contributed by atoms with Crippen LogP contribution in [0.3, 0.4) is 0 Å². The van der Waals surface area contributed by atoms with Crippen LogP contribution in [0.2, 0.25) is 0 Å². The summed E-state index contributed by atoms with van der Waals surface area (Å²) >= 11 is 0. The van der Waals surface area contributed by atoms with Gasteiger partial charge < -0.3 is 14.2 Å². The van der Waals surface area contributed by atoms with Gasteiger partial charge in [0.1, 0.15) is 11.5 Å². The summed E-state index contributed by atoms with van der Waals surface area (Å²) in [5.74, 6) is -0.713. The van der Waals surface area contributed by atoms with Gasteiger partial charge in [-0.3, -0.25) is 4.79 Å². The van der Waals surface area contributed by atoms with Crippen molar-refractivity contribution in [2.45, 2.75) is 38.6 Å². The van der Waals surface area contributed by atoms with Crippen molar-refractivity contribution in [2.24, 2.45) is 7.05 Å². The summed E-state index contributed by atoms with van der Waals surface area (Å²) in [6, 6.07) is 9.74. The molecular formula is C23H27FN2O3. The zero-order valence-electron chi connectivity index (χ0n) is 16.9. The lowest BCUT2D eigenvalue weighted by atomic mass is 9.99. The fourth-order valence-corrected chi connectivity index (χ4v) is 3.71. The zero-order chi connectivity index (χ0) is 20.8. The maximum absolute atomic E-state index is 13.0. The number of aromatic nitrogens is 1. The number of halogens is 1. The Hall–Kier alpha value is -2.89. The number of hydrogen-bond donors (Lipinski definition) is 0. The van der Waals surface area contributed by atoms with Gasteiger partial charge in [-0.05, 0) is 61.6 Å². The third kappa shape index (κ3) is 5.34. The minimum Gasteiger partial charge on any atom is -0.462 e. The lowest BCUT2D eigenvalue weighted by Gasteiger charge is -2.35. The highest BCUT2D eigenvalue weighted by Gasteiger charge is 2.28. The van der Waals surface area contributed by atoms with Crippen molar-refractivity contribution in [3.8, 4) is 0 Å². The highest BCUT2D eigenvalue weighted by Crippen LogP contribution is 2.22. The monoisotopic (exact) mass is 398 g/mol. The summed E-state index contributed by atoms with van der Waals surface area (Å²) in [7, 11) is 1.86. The van der Waals surface area contributed by atoms with E-state index in [-0.39, 0.29) is 24.4 Å². The molecule has 5 nitrogen and oxygen atoms in total. The number of likely N-dealkylation sites (tertiary alicyclic amines) is 1. The van der Waals surface area contributed by atoms with Gasteiger partial charge in [-0.15, -0.1) is 0 Å². The zero-order valence-corrected chi connectivity index (χ0v) is 16.9. The van der Waals surface area contributed by atoms with E-state index in [0.717, 1.165) is 31.4 Å². The van der Waals surface area contributed by atoms with E-state index in [0.29, 0.717) is 17.7 Å². The number of aryl methyl sites for hydroxylation is 1. The number of allylic oxidation sites excluding steroid dienone is 1. The molecular weight excluding hydrogens is 371 g/mol. The van der Waals surface area contributed by atoms with E-state index >= 15 is 0 Å². The van der Waals surface area contributed by atoms with Crippen LogP contribution in [0.5, 0.6) is 0 Å². The maximum atomic E-state index is 13.0. The number of hydrogen-bond acceptors (Lipinski definition) is 3. The van der Waals surface area contributed by atoms with Crippen LogP contribution in [0.1, 0.15) is 48.7 Å². The van der Waals surface area contributed by atoms with E-state index in [1.165, 1.54) is 18.2 Å². The molecule has 1 aromatic carbocycles. The van der Waals surface area contributed by atoms with Crippen molar-refractivity contribution in [1.29, 1.82) is 0 Å². The van der Waals surface area contributed by atoms with Crippen molar-refractivity contribution < 1.29 is 18.7 Å². The summed E-state index contributed by atoms with van der Waals surface area (Å²) in [6.45, 7) is 2.77. The van der Waals surface area contributed by atoms with E-state index in [2.05, 4.69) is 0 Å². The molecule has 1 unspecified atom stereocenters. The molecule has 1 atom stereocenters. The normalized spacial score (nSPS) is 17.3. The quantitative estimate of drug-likeness (QED) is 0.541. The van der Waals surface area contributed by atoms with Crippen LogP contribution in [0.15, 0.2) is 48.7 Å². The van der Waals surface area contributed by atoms with E-state index in [9.17, 15) is 14.0 Å². The number of nitrogens with zero attached hydrogens (tertiary/aromatic N) is 2. The van der Waals surface area contributed by atoms with E-state index in [4.69, 9.17) is 4.74 Å². The van der Waals surface area contributed by atoms with Crippen molar-refractivity contribution in [3.05, 3.63) is 65.7 Å². The van der Waals surface area contributed by atoms with Gasteiger partial charge in [0.05, 0.1) is 6.61 Å². The van der Waals surface area contributed by atoms with E-state index in [1.54, 1.807) is 19.1 Å². The second kappa shape index (κ2) is 9.54. The molecule has 0 aliphatic carbocycles. The average Bonchev–Trinajstić information content (AvgIpc) is 3.14. The van der Waals surface area contributed by atoms with Gasteiger partial charge in [0.2, 0.25) is 0 Å². The minimum atomic E-state index is -0.428. The van der Waals surface area contributed by atoms with Gasteiger partial charge in [-0.2, -0.15) is 0 Å². The molecule has 0 spiro atoms. The van der Waals surface area contributed by atoms with Gasteiger partial charge >= 0.3 is 5.97 Å². The van der Waals surface area contributed by atoms with Gasteiger partial charge in [0.15, 0.2) is 0 Å². The van der Waals surface area contributed by atoms with Crippen LogP contribution in [0.4, 0.5) is 4.39 Å². The number of benzene rings is 1. The third-order valence-corrected chi connectivity index (χ3v) is 5.38. The summed E-state index contributed by atoms with van der Waals surface area (Å²) < 4.78 is 20.2. The Bertz CT molecular complexity index is 886. The fourth-order valence-electron chi connectivity index (χ4n) is 3.71. The fraction of sp³-hybridized carbons (Fsp3) is 0.391. The van der Waals surface area contributed by atoms with Crippen LogP contribution in [-0.4, -0.2) is 40.5 Å². The molecule has 1 aliphatic heterocycles. The molecule has 0 bridgehead atoms. The Morgan fingerprint density at radius 2 is 1.97 bits per heavy atom. The first kappa shape index (κ1) is 20.8. The van der Waals surface area contributed by atoms with Gasteiger partial charge in [-0.25, -0.2) is 9.18 Å². The first-order chi connectivity index (χ1) is 14.0. The molecule has 0 saturated carbocycles. The van der Waals surface area contributed by atoms with Crippen LogP contribution < -0.4 is 0 Å². The first-order valence-electron chi connectivity index (χ1n) is 9.99. The van der Waals surface area contributed by atoms with Gasteiger partial charge in [-0.1, -0.05) is 12.1 Å². The summed E-state index contributed by atoms with van der Waals surface area (Å²) in [6.07, 6.45) is 6.87. The molecule has 154 valence electrons. The highest BCUT2D eigenvalue weighted by atomic mass is 19.1. The largest absolute Gasteiger partial charge is 0.462 e. The predicted molar refractivity (Wildman–Crippen MR) is 110 cm³/mol. The summed E-state index contributed by atoms with van der Waals surface area (Å²) in [5.41, 5.74) is 2.16. The van der Waals surface area contributed by atoms with Gasteiger partial charge in [0, 0.05) is 38.3 Å². The molecule has 2 aromatic rings. The lowest BCUT2D eigenvalue weighted by molar-refractivity contribution is -0.138. The van der Waals surface area contributed by atoms with Crippen molar-refractivity contribution in [1.82, 2.24) is 9.47 Å².